The lowest BCUT2D eigenvalue weighted by atomic mass is 9.83. The lowest BCUT2D eigenvalue weighted by Crippen LogP contribution is -2.41. The van der Waals surface area contributed by atoms with E-state index in [1.54, 1.807) is 24.3 Å². The molecule has 24 heavy (non-hydrogen) atoms. The molecule has 4 rings (SSSR count). The van der Waals surface area contributed by atoms with E-state index in [4.69, 9.17) is 9.47 Å². The van der Waals surface area contributed by atoms with Crippen LogP contribution in [0.4, 0.5) is 0 Å². The summed E-state index contributed by atoms with van der Waals surface area (Å²) in [6.45, 7) is 1.86. The Morgan fingerprint density at radius 2 is 1.67 bits per heavy atom. The van der Waals surface area contributed by atoms with Gasteiger partial charge in [0.1, 0.15) is 0 Å². The van der Waals surface area contributed by atoms with Crippen molar-refractivity contribution < 1.29 is 23.9 Å². The van der Waals surface area contributed by atoms with Gasteiger partial charge in [-0.1, -0.05) is 24.3 Å². The molecule has 1 saturated heterocycles. The van der Waals surface area contributed by atoms with E-state index in [1.165, 1.54) is 11.8 Å². The summed E-state index contributed by atoms with van der Waals surface area (Å²) in [5.41, 5.74) is 0.886. The number of carbonyl (C=O) groups excluding carboxylic acids is 3. The van der Waals surface area contributed by atoms with Gasteiger partial charge in [-0.2, -0.15) is 0 Å². The molecule has 3 aliphatic heterocycles. The van der Waals surface area contributed by atoms with Gasteiger partial charge in [-0.3, -0.25) is 19.3 Å². The van der Waals surface area contributed by atoms with Crippen LogP contribution in [0.25, 0.3) is 0 Å². The number of nitrogens with zero attached hydrogens (tertiary/aromatic N) is 1. The van der Waals surface area contributed by atoms with Gasteiger partial charge in [0.25, 0.3) is 11.8 Å². The van der Waals surface area contributed by atoms with Crippen LogP contribution in [0.2, 0.25) is 0 Å². The molecule has 0 aromatic heterocycles. The van der Waals surface area contributed by atoms with Gasteiger partial charge in [0.15, 0.2) is 0 Å². The summed E-state index contributed by atoms with van der Waals surface area (Å²) in [6, 6.07) is 6.84. The van der Waals surface area contributed by atoms with Crippen LogP contribution in [-0.2, 0) is 14.3 Å². The summed E-state index contributed by atoms with van der Waals surface area (Å²) in [6.07, 6.45) is 3.63. The zero-order valence-corrected chi connectivity index (χ0v) is 13.2. The van der Waals surface area contributed by atoms with Gasteiger partial charge in [0, 0.05) is 25.3 Å². The second-order valence-electron chi connectivity index (χ2n) is 6.35. The van der Waals surface area contributed by atoms with Crippen molar-refractivity contribution >= 4 is 17.8 Å². The Labute approximate surface area is 139 Å². The molecule has 0 spiro atoms. The molecule has 0 aliphatic carbocycles. The summed E-state index contributed by atoms with van der Waals surface area (Å²) < 4.78 is 11.0. The highest BCUT2D eigenvalue weighted by Crippen LogP contribution is 2.40. The third-order valence-corrected chi connectivity index (χ3v) is 4.95. The predicted molar refractivity (Wildman–Crippen MR) is 83.2 cm³/mol. The Morgan fingerprint density at radius 1 is 1.08 bits per heavy atom. The maximum Gasteiger partial charge on any atom is 0.302 e. The van der Waals surface area contributed by atoms with Gasteiger partial charge >= 0.3 is 5.97 Å². The Bertz CT molecular complexity index is 721. The van der Waals surface area contributed by atoms with Gasteiger partial charge in [0.2, 0.25) is 0 Å². The molecule has 1 aromatic carbocycles. The van der Waals surface area contributed by atoms with Crippen molar-refractivity contribution in [3.63, 3.8) is 0 Å². The van der Waals surface area contributed by atoms with Gasteiger partial charge in [-0.15, -0.1) is 0 Å². The lowest BCUT2D eigenvalue weighted by Gasteiger charge is -2.27. The molecule has 124 valence electrons. The average Bonchev–Trinajstić information content (AvgIpc) is 3.23. The van der Waals surface area contributed by atoms with Crippen LogP contribution in [0.3, 0.4) is 0 Å². The maximum atomic E-state index is 12.5. The van der Waals surface area contributed by atoms with Crippen molar-refractivity contribution in [1.82, 2.24) is 4.90 Å². The first-order valence-corrected chi connectivity index (χ1v) is 7.98. The fourth-order valence-electron chi connectivity index (χ4n) is 3.75. The predicted octanol–water partition coefficient (Wildman–Crippen LogP) is 1.42. The number of esters is 1. The quantitative estimate of drug-likeness (QED) is 0.475. The molecule has 2 bridgehead atoms. The van der Waals surface area contributed by atoms with E-state index < -0.39 is 0 Å². The average molecular weight is 327 g/mol. The van der Waals surface area contributed by atoms with Crippen molar-refractivity contribution in [2.75, 3.05) is 13.2 Å². The SMILES string of the molecule is CC(=O)OC[C@@H]1[C@H](CN2C(=O)c3ccccc3C2=O)[C@H]2C=C[C@@H]1O2. The van der Waals surface area contributed by atoms with Crippen molar-refractivity contribution in [3.8, 4) is 0 Å². The van der Waals surface area contributed by atoms with E-state index in [0.717, 1.165) is 0 Å². The number of hydrogen-bond acceptors (Lipinski definition) is 5. The number of imide groups is 1. The van der Waals surface area contributed by atoms with Crippen molar-refractivity contribution in [1.29, 1.82) is 0 Å². The molecule has 6 heteroatoms. The van der Waals surface area contributed by atoms with Crippen LogP contribution >= 0.6 is 0 Å². The molecule has 4 atom stereocenters. The molecule has 0 N–H and O–H groups in total. The van der Waals surface area contributed by atoms with E-state index in [2.05, 4.69) is 0 Å². The fourth-order valence-corrected chi connectivity index (χ4v) is 3.75. The Balaban J connectivity index is 1.54. The van der Waals surface area contributed by atoms with Crippen molar-refractivity contribution in [2.45, 2.75) is 19.1 Å². The first-order chi connectivity index (χ1) is 11.6. The molecule has 1 fully saturated rings. The first-order valence-electron chi connectivity index (χ1n) is 7.98. The topological polar surface area (TPSA) is 72.9 Å². The van der Waals surface area contributed by atoms with E-state index >= 15 is 0 Å². The Morgan fingerprint density at radius 3 is 2.25 bits per heavy atom. The zero-order chi connectivity index (χ0) is 16.8. The smallest absolute Gasteiger partial charge is 0.302 e. The highest BCUT2D eigenvalue weighted by Gasteiger charge is 2.49. The summed E-state index contributed by atoms with van der Waals surface area (Å²) in [5.74, 6) is -1.00. The van der Waals surface area contributed by atoms with Crippen LogP contribution in [0, 0.1) is 11.8 Å². The minimum atomic E-state index is -0.346. The molecule has 0 radical (unpaired) electrons. The Hall–Kier alpha value is -2.47. The fraction of sp³-hybridized carbons (Fsp3) is 0.389. The van der Waals surface area contributed by atoms with Crippen LogP contribution < -0.4 is 0 Å². The van der Waals surface area contributed by atoms with E-state index in [1.807, 2.05) is 12.2 Å². The third-order valence-electron chi connectivity index (χ3n) is 4.95. The van der Waals surface area contributed by atoms with Crippen LogP contribution in [0.5, 0.6) is 0 Å². The molecule has 0 saturated carbocycles. The zero-order valence-electron chi connectivity index (χ0n) is 13.2. The molecule has 3 aliphatic rings. The lowest BCUT2D eigenvalue weighted by molar-refractivity contribution is -0.143. The van der Waals surface area contributed by atoms with Crippen LogP contribution in [0.1, 0.15) is 27.6 Å². The van der Waals surface area contributed by atoms with E-state index in [0.29, 0.717) is 11.1 Å². The summed E-state index contributed by atoms with van der Waals surface area (Å²) >= 11 is 0. The molecule has 1 aromatic rings. The molecular weight excluding hydrogens is 310 g/mol. The maximum absolute atomic E-state index is 12.5. The van der Waals surface area contributed by atoms with Gasteiger partial charge < -0.3 is 9.47 Å². The normalized spacial score (nSPS) is 30.1. The second-order valence-corrected chi connectivity index (χ2v) is 6.35. The number of carbonyl (C=O) groups is 3. The minimum Gasteiger partial charge on any atom is -0.465 e. The van der Waals surface area contributed by atoms with E-state index in [-0.39, 0.29) is 55.0 Å². The number of benzene rings is 1. The number of amides is 2. The highest BCUT2D eigenvalue weighted by molar-refractivity contribution is 6.21. The van der Waals surface area contributed by atoms with Gasteiger partial charge in [0.05, 0.1) is 29.9 Å². The molecule has 3 heterocycles. The Kier molecular flexibility index (Phi) is 3.49. The second kappa shape index (κ2) is 5.56. The highest BCUT2D eigenvalue weighted by atomic mass is 16.5. The number of rotatable bonds is 4. The summed E-state index contributed by atoms with van der Waals surface area (Å²) in [5, 5.41) is 0. The van der Waals surface area contributed by atoms with Crippen LogP contribution in [0.15, 0.2) is 36.4 Å². The molecule has 0 unspecified atom stereocenters. The summed E-state index contributed by atoms with van der Waals surface area (Å²) in [4.78, 5) is 37.5. The van der Waals surface area contributed by atoms with E-state index in [9.17, 15) is 14.4 Å². The molecule has 6 nitrogen and oxygen atoms in total. The number of fused-ring (bicyclic) bond motifs is 3. The standard InChI is InChI=1S/C18H17NO5/c1-10(20)23-9-14-13(15-6-7-16(14)24-15)8-19-17(21)11-4-2-3-5-12(11)18(19)22/h2-7,13-16H,8-9H2,1H3/t13-,14+,15+,16-/m0/s1. The minimum absolute atomic E-state index is 0.0480. The van der Waals surface area contributed by atoms with Gasteiger partial charge in [-0.25, -0.2) is 0 Å². The van der Waals surface area contributed by atoms with Crippen LogP contribution in [-0.4, -0.2) is 48.0 Å². The van der Waals surface area contributed by atoms with Gasteiger partial charge in [-0.05, 0) is 12.1 Å². The molecular formula is C18H17NO5. The van der Waals surface area contributed by atoms with Crippen molar-refractivity contribution in [3.05, 3.63) is 47.5 Å². The van der Waals surface area contributed by atoms with Crippen molar-refractivity contribution in [2.24, 2.45) is 11.8 Å². The third kappa shape index (κ3) is 2.26. The largest absolute Gasteiger partial charge is 0.465 e. The monoisotopic (exact) mass is 327 g/mol. The number of ether oxygens (including phenoxy) is 2. The number of hydrogen-bond donors (Lipinski definition) is 0. The molecule has 2 amide bonds. The summed E-state index contributed by atoms with van der Waals surface area (Å²) in [7, 11) is 0. The first kappa shape index (κ1) is 15.1.